The molecule has 0 spiro atoms. The number of phenolic OH excluding ortho intramolecular Hbond substituents is 1. The van der Waals surface area contributed by atoms with Gasteiger partial charge in [-0.15, -0.1) is 0 Å². The highest BCUT2D eigenvalue weighted by Crippen LogP contribution is 2.18. The first-order chi connectivity index (χ1) is 12.4. The van der Waals surface area contributed by atoms with E-state index in [2.05, 4.69) is 13.5 Å². The van der Waals surface area contributed by atoms with E-state index in [4.69, 9.17) is 15.3 Å². The van der Waals surface area contributed by atoms with Gasteiger partial charge in [-0.1, -0.05) is 70.2 Å². The molecule has 0 aromatic heterocycles. The lowest BCUT2D eigenvalue weighted by Gasteiger charge is -2.04. The first-order valence-electron chi connectivity index (χ1n) is 9.30. The minimum atomic E-state index is -0.981. The minimum Gasteiger partial charge on any atom is -0.508 e. The van der Waals surface area contributed by atoms with Gasteiger partial charge in [0.05, 0.1) is 12.7 Å². The number of phenols is 1. The zero-order valence-electron chi connectivity index (χ0n) is 16.2. The molecule has 1 rings (SSSR count). The summed E-state index contributed by atoms with van der Waals surface area (Å²) in [6.07, 6.45) is 10.6. The topological polar surface area (TPSA) is 98.0 Å². The third kappa shape index (κ3) is 20.2. The average molecular weight is 369 g/mol. The monoisotopic (exact) mass is 368 g/mol. The lowest BCUT2D eigenvalue weighted by molar-refractivity contribution is -0.131. The van der Waals surface area contributed by atoms with Crippen molar-refractivity contribution in [3.05, 3.63) is 42.5 Å². The van der Waals surface area contributed by atoms with Crippen LogP contribution in [0, 0.1) is 0 Å². The summed E-state index contributed by atoms with van der Waals surface area (Å²) < 4.78 is 0. The molecule has 1 atom stereocenters. The van der Waals surface area contributed by atoms with Crippen LogP contribution in [0.2, 0.25) is 0 Å². The van der Waals surface area contributed by atoms with Crippen LogP contribution in [0.3, 0.4) is 0 Å². The Hall–Kier alpha value is -1.85. The first-order valence-corrected chi connectivity index (χ1v) is 9.30. The fourth-order valence-corrected chi connectivity index (χ4v) is 1.99. The van der Waals surface area contributed by atoms with E-state index in [1.165, 1.54) is 51.9 Å². The smallest absolute Gasteiger partial charge is 0.327 e. The molecular formula is C21H36O5. The fourth-order valence-electron chi connectivity index (χ4n) is 1.99. The molecule has 0 heterocycles. The Balaban J connectivity index is 0. The second-order valence-electron chi connectivity index (χ2n) is 6.07. The van der Waals surface area contributed by atoms with Gasteiger partial charge < -0.3 is 20.4 Å². The van der Waals surface area contributed by atoms with Gasteiger partial charge in [0.2, 0.25) is 0 Å². The largest absolute Gasteiger partial charge is 0.508 e. The zero-order chi connectivity index (χ0) is 20.2. The van der Waals surface area contributed by atoms with Crippen LogP contribution in [0.1, 0.15) is 64.4 Å². The molecule has 5 heteroatoms. The Bertz CT molecular complexity index is 457. The summed E-state index contributed by atoms with van der Waals surface area (Å²) in [4.78, 5) is 9.25. The Morgan fingerprint density at radius 2 is 1.58 bits per heavy atom. The second kappa shape index (κ2) is 19.5. The Labute approximate surface area is 158 Å². The SMILES string of the molecule is C=CC(=O)O.CC(O)CO.CCCCCCCCCc1ccccc1O. The summed E-state index contributed by atoms with van der Waals surface area (Å²) in [7, 11) is 0. The van der Waals surface area contributed by atoms with E-state index in [1.807, 2.05) is 18.2 Å². The summed E-state index contributed by atoms with van der Waals surface area (Å²) >= 11 is 0. The maximum Gasteiger partial charge on any atom is 0.327 e. The van der Waals surface area contributed by atoms with Crippen molar-refractivity contribution in [1.82, 2.24) is 0 Å². The van der Waals surface area contributed by atoms with Crippen molar-refractivity contribution in [1.29, 1.82) is 0 Å². The highest BCUT2D eigenvalue weighted by atomic mass is 16.4. The summed E-state index contributed by atoms with van der Waals surface area (Å²) in [6, 6.07) is 7.67. The molecular weight excluding hydrogens is 332 g/mol. The number of aryl methyl sites for hydroxylation is 1. The van der Waals surface area contributed by atoms with Gasteiger partial charge in [-0.05, 0) is 31.4 Å². The summed E-state index contributed by atoms with van der Waals surface area (Å²) in [5, 5.41) is 33.2. The van der Waals surface area contributed by atoms with Crippen LogP contribution >= 0.6 is 0 Å². The van der Waals surface area contributed by atoms with E-state index in [1.54, 1.807) is 6.07 Å². The van der Waals surface area contributed by atoms with Crippen LogP contribution in [0.25, 0.3) is 0 Å². The van der Waals surface area contributed by atoms with Crippen LogP contribution in [0.5, 0.6) is 5.75 Å². The Morgan fingerprint density at radius 1 is 1.12 bits per heavy atom. The van der Waals surface area contributed by atoms with E-state index in [9.17, 15) is 9.90 Å². The van der Waals surface area contributed by atoms with Crippen molar-refractivity contribution < 1.29 is 25.2 Å². The average Bonchev–Trinajstić information content (AvgIpc) is 2.63. The maximum atomic E-state index is 9.58. The molecule has 150 valence electrons. The molecule has 26 heavy (non-hydrogen) atoms. The van der Waals surface area contributed by atoms with E-state index in [0.717, 1.165) is 18.1 Å². The number of aromatic hydroxyl groups is 1. The van der Waals surface area contributed by atoms with Crippen molar-refractivity contribution in [2.75, 3.05) is 6.61 Å². The molecule has 0 saturated heterocycles. The van der Waals surface area contributed by atoms with Gasteiger partial charge in [0.1, 0.15) is 5.75 Å². The summed E-state index contributed by atoms with van der Waals surface area (Å²) in [5.41, 5.74) is 1.09. The number of rotatable bonds is 10. The molecule has 0 amide bonds. The molecule has 5 nitrogen and oxygen atoms in total. The number of carboxylic acids is 1. The number of unbranched alkanes of at least 4 members (excludes halogenated alkanes) is 6. The van der Waals surface area contributed by atoms with Gasteiger partial charge in [-0.3, -0.25) is 0 Å². The van der Waals surface area contributed by atoms with Gasteiger partial charge in [0.15, 0.2) is 0 Å². The second-order valence-corrected chi connectivity index (χ2v) is 6.07. The van der Waals surface area contributed by atoms with Gasteiger partial charge in [-0.25, -0.2) is 4.79 Å². The number of aliphatic hydroxyl groups excluding tert-OH is 2. The summed E-state index contributed by atoms with van der Waals surface area (Å²) in [6.45, 7) is 6.60. The Morgan fingerprint density at radius 3 is 2.00 bits per heavy atom. The van der Waals surface area contributed by atoms with Crippen LogP contribution in [0.15, 0.2) is 36.9 Å². The van der Waals surface area contributed by atoms with Crippen molar-refractivity contribution in [3.63, 3.8) is 0 Å². The molecule has 1 aromatic rings. The first kappa shape index (κ1) is 26.4. The van der Waals surface area contributed by atoms with Gasteiger partial charge >= 0.3 is 5.97 Å². The minimum absolute atomic E-state index is 0.139. The molecule has 0 aliphatic heterocycles. The number of aliphatic carboxylic acids is 1. The highest BCUT2D eigenvalue weighted by molar-refractivity contribution is 5.78. The standard InChI is InChI=1S/C15H24O.C3H8O2.C3H4O2/c1-2-3-4-5-6-7-8-11-14-12-9-10-13-15(14)16;1-3(5)2-4;1-2-3(4)5/h9-10,12-13,16H,2-8,11H2,1H3;3-5H,2H2,1H3;2H,1H2,(H,4,5). The number of benzene rings is 1. The summed E-state index contributed by atoms with van der Waals surface area (Å²) in [5.74, 6) is -0.529. The molecule has 0 radical (unpaired) electrons. The van der Waals surface area contributed by atoms with Gasteiger partial charge in [-0.2, -0.15) is 0 Å². The van der Waals surface area contributed by atoms with Crippen molar-refractivity contribution in [3.8, 4) is 5.75 Å². The molecule has 0 aliphatic carbocycles. The number of hydrogen-bond acceptors (Lipinski definition) is 4. The van der Waals surface area contributed by atoms with Crippen LogP contribution in [-0.4, -0.2) is 39.1 Å². The van der Waals surface area contributed by atoms with Crippen molar-refractivity contribution >= 4 is 5.97 Å². The third-order valence-corrected chi connectivity index (χ3v) is 3.48. The molecule has 0 saturated carbocycles. The predicted molar refractivity (Wildman–Crippen MR) is 106 cm³/mol. The number of hydrogen-bond donors (Lipinski definition) is 4. The van der Waals surface area contributed by atoms with Gasteiger partial charge in [0, 0.05) is 6.08 Å². The predicted octanol–water partition coefficient (Wildman–Crippen LogP) is 4.30. The molecule has 0 aliphatic rings. The van der Waals surface area contributed by atoms with Crippen LogP contribution in [-0.2, 0) is 11.2 Å². The lowest BCUT2D eigenvalue weighted by atomic mass is 10.0. The van der Waals surface area contributed by atoms with Crippen molar-refractivity contribution in [2.24, 2.45) is 0 Å². The van der Waals surface area contributed by atoms with E-state index in [-0.39, 0.29) is 6.61 Å². The molecule has 0 fully saturated rings. The number of para-hydroxylation sites is 1. The molecule has 0 bridgehead atoms. The zero-order valence-corrected chi connectivity index (χ0v) is 16.2. The van der Waals surface area contributed by atoms with E-state index >= 15 is 0 Å². The highest BCUT2D eigenvalue weighted by Gasteiger charge is 1.98. The van der Waals surface area contributed by atoms with E-state index < -0.39 is 12.1 Å². The number of carboxylic acid groups (broad SMARTS) is 1. The third-order valence-electron chi connectivity index (χ3n) is 3.48. The lowest BCUT2D eigenvalue weighted by Crippen LogP contribution is -2.03. The number of carbonyl (C=O) groups is 1. The maximum absolute atomic E-state index is 9.58. The van der Waals surface area contributed by atoms with Gasteiger partial charge in [0.25, 0.3) is 0 Å². The quantitative estimate of drug-likeness (QED) is 0.364. The van der Waals surface area contributed by atoms with Crippen LogP contribution in [0.4, 0.5) is 0 Å². The van der Waals surface area contributed by atoms with E-state index in [0.29, 0.717) is 5.75 Å². The normalized spacial score (nSPS) is 10.6. The van der Waals surface area contributed by atoms with Crippen molar-refractivity contribution in [2.45, 2.75) is 71.3 Å². The van der Waals surface area contributed by atoms with Crippen LogP contribution < -0.4 is 0 Å². The molecule has 1 aromatic carbocycles. The molecule has 4 N–H and O–H groups in total. The fraction of sp³-hybridized carbons (Fsp3) is 0.571. The Kier molecular flexibility index (Phi) is 19.8. The molecule has 1 unspecified atom stereocenters. The number of aliphatic hydroxyl groups is 2.